The minimum atomic E-state index is 0.709. The standard InChI is InChI=1S/C9H6N2OS/c12-5-8-4-7(6-13-8)9-2-1-3-10-11-9/h1-6H. The molecule has 0 saturated heterocycles. The number of carbonyl (C=O) groups excluding carboxylic acids is 1. The first kappa shape index (κ1) is 8.07. The van der Waals surface area contributed by atoms with E-state index in [0.29, 0.717) is 4.88 Å². The van der Waals surface area contributed by atoms with Gasteiger partial charge in [0.1, 0.15) is 0 Å². The molecular weight excluding hydrogens is 184 g/mol. The van der Waals surface area contributed by atoms with Crippen LogP contribution in [0.1, 0.15) is 9.67 Å². The van der Waals surface area contributed by atoms with Crippen LogP contribution in [0.3, 0.4) is 0 Å². The molecular formula is C9H6N2OS. The fourth-order valence-corrected chi connectivity index (χ4v) is 1.71. The second-order valence-electron chi connectivity index (χ2n) is 2.46. The summed E-state index contributed by atoms with van der Waals surface area (Å²) in [7, 11) is 0. The zero-order valence-corrected chi connectivity index (χ0v) is 7.49. The van der Waals surface area contributed by atoms with Gasteiger partial charge in [0, 0.05) is 17.1 Å². The third kappa shape index (κ3) is 1.62. The first-order chi connectivity index (χ1) is 6.40. The number of hydrogen-bond acceptors (Lipinski definition) is 4. The van der Waals surface area contributed by atoms with Crippen molar-refractivity contribution in [1.29, 1.82) is 0 Å². The third-order valence-corrected chi connectivity index (χ3v) is 2.46. The molecule has 0 aliphatic carbocycles. The van der Waals surface area contributed by atoms with Gasteiger partial charge in [-0.2, -0.15) is 10.2 Å². The second kappa shape index (κ2) is 3.45. The molecule has 3 nitrogen and oxygen atoms in total. The Morgan fingerprint density at radius 1 is 1.46 bits per heavy atom. The molecule has 0 aliphatic heterocycles. The lowest BCUT2D eigenvalue weighted by Crippen LogP contribution is -1.82. The summed E-state index contributed by atoms with van der Waals surface area (Å²) in [6.45, 7) is 0. The fourth-order valence-electron chi connectivity index (χ4n) is 1.00. The summed E-state index contributed by atoms with van der Waals surface area (Å²) >= 11 is 1.41. The van der Waals surface area contributed by atoms with Gasteiger partial charge in [0.25, 0.3) is 0 Å². The van der Waals surface area contributed by atoms with E-state index < -0.39 is 0 Å². The topological polar surface area (TPSA) is 42.9 Å². The van der Waals surface area contributed by atoms with Crippen molar-refractivity contribution in [3.8, 4) is 11.3 Å². The zero-order chi connectivity index (χ0) is 9.10. The number of hydrogen-bond donors (Lipinski definition) is 0. The molecule has 0 N–H and O–H groups in total. The molecule has 0 aromatic carbocycles. The summed E-state index contributed by atoms with van der Waals surface area (Å²) in [6, 6.07) is 5.49. The Hall–Kier alpha value is -1.55. The predicted molar refractivity (Wildman–Crippen MR) is 50.7 cm³/mol. The van der Waals surface area contributed by atoms with Crippen LogP contribution < -0.4 is 0 Å². The van der Waals surface area contributed by atoms with Gasteiger partial charge in [-0.25, -0.2) is 0 Å². The van der Waals surface area contributed by atoms with Crippen molar-refractivity contribution < 1.29 is 4.79 Å². The monoisotopic (exact) mass is 190 g/mol. The maximum atomic E-state index is 10.4. The fraction of sp³-hybridized carbons (Fsp3) is 0. The first-order valence-corrected chi connectivity index (χ1v) is 4.60. The lowest BCUT2D eigenvalue weighted by Gasteiger charge is -1.91. The quantitative estimate of drug-likeness (QED) is 0.680. The van der Waals surface area contributed by atoms with E-state index in [9.17, 15) is 4.79 Å². The zero-order valence-electron chi connectivity index (χ0n) is 6.68. The highest BCUT2D eigenvalue weighted by Crippen LogP contribution is 2.21. The molecule has 0 saturated carbocycles. The van der Waals surface area contributed by atoms with Gasteiger partial charge in [-0.1, -0.05) is 0 Å². The van der Waals surface area contributed by atoms with Crippen molar-refractivity contribution in [2.75, 3.05) is 0 Å². The summed E-state index contributed by atoms with van der Waals surface area (Å²) < 4.78 is 0. The van der Waals surface area contributed by atoms with E-state index in [2.05, 4.69) is 10.2 Å². The first-order valence-electron chi connectivity index (χ1n) is 3.72. The molecule has 13 heavy (non-hydrogen) atoms. The molecule has 0 bridgehead atoms. The molecule has 0 radical (unpaired) electrons. The molecule has 0 unspecified atom stereocenters. The predicted octanol–water partition coefficient (Wildman–Crippen LogP) is 2.02. The van der Waals surface area contributed by atoms with Crippen molar-refractivity contribution in [3.63, 3.8) is 0 Å². The van der Waals surface area contributed by atoms with Crippen molar-refractivity contribution >= 4 is 17.6 Å². The Morgan fingerprint density at radius 2 is 2.38 bits per heavy atom. The molecule has 0 aliphatic rings. The van der Waals surface area contributed by atoms with Gasteiger partial charge in [0.2, 0.25) is 0 Å². The molecule has 0 amide bonds. The Bertz CT molecular complexity index is 411. The lowest BCUT2D eigenvalue weighted by atomic mass is 10.2. The molecule has 64 valence electrons. The maximum Gasteiger partial charge on any atom is 0.160 e. The number of rotatable bonds is 2. The van der Waals surface area contributed by atoms with Gasteiger partial charge in [-0.05, 0) is 18.2 Å². The van der Waals surface area contributed by atoms with Crippen molar-refractivity contribution in [2.24, 2.45) is 0 Å². The molecule has 0 fully saturated rings. The molecule has 2 heterocycles. The van der Waals surface area contributed by atoms with Gasteiger partial charge in [0.15, 0.2) is 6.29 Å². The smallest absolute Gasteiger partial charge is 0.160 e. The Kier molecular flexibility index (Phi) is 2.14. The van der Waals surface area contributed by atoms with Crippen LogP contribution in [0.5, 0.6) is 0 Å². The van der Waals surface area contributed by atoms with Crippen molar-refractivity contribution in [2.45, 2.75) is 0 Å². The van der Waals surface area contributed by atoms with Gasteiger partial charge in [-0.3, -0.25) is 4.79 Å². The van der Waals surface area contributed by atoms with E-state index in [4.69, 9.17) is 0 Å². The molecule has 2 aromatic heterocycles. The minimum Gasteiger partial charge on any atom is -0.297 e. The summed E-state index contributed by atoms with van der Waals surface area (Å²) in [5.74, 6) is 0. The third-order valence-electron chi connectivity index (χ3n) is 1.60. The Balaban J connectivity index is 2.41. The van der Waals surface area contributed by atoms with Gasteiger partial charge in [0.05, 0.1) is 10.6 Å². The molecule has 4 heteroatoms. The summed E-state index contributed by atoms with van der Waals surface area (Å²) in [5.41, 5.74) is 1.74. The number of aromatic nitrogens is 2. The molecule has 2 rings (SSSR count). The van der Waals surface area contributed by atoms with Crippen LogP contribution in [0.4, 0.5) is 0 Å². The Labute approximate surface area is 79.1 Å². The van der Waals surface area contributed by atoms with E-state index in [1.54, 1.807) is 6.20 Å². The van der Waals surface area contributed by atoms with Crippen LogP contribution in [0.25, 0.3) is 11.3 Å². The molecule has 0 spiro atoms. The minimum absolute atomic E-state index is 0.709. The highest BCUT2D eigenvalue weighted by Gasteiger charge is 2.01. The van der Waals surface area contributed by atoms with Crippen molar-refractivity contribution in [1.82, 2.24) is 10.2 Å². The van der Waals surface area contributed by atoms with Gasteiger partial charge < -0.3 is 0 Å². The number of nitrogens with zero attached hydrogens (tertiary/aromatic N) is 2. The molecule has 0 atom stereocenters. The van der Waals surface area contributed by atoms with E-state index >= 15 is 0 Å². The summed E-state index contributed by atoms with van der Waals surface area (Å²) in [6.07, 6.45) is 2.46. The van der Waals surface area contributed by atoms with Gasteiger partial charge >= 0.3 is 0 Å². The largest absolute Gasteiger partial charge is 0.297 e. The van der Waals surface area contributed by atoms with Gasteiger partial charge in [-0.15, -0.1) is 11.3 Å². The van der Waals surface area contributed by atoms with Crippen LogP contribution in [0.2, 0.25) is 0 Å². The van der Waals surface area contributed by atoms with Crippen molar-refractivity contribution in [3.05, 3.63) is 34.7 Å². The van der Waals surface area contributed by atoms with Crippen LogP contribution in [-0.4, -0.2) is 16.5 Å². The highest BCUT2D eigenvalue weighted by atomic mass is 32.1. The van der Waals surface area contributed by atoms with E-state index in [0.717, 1.165) is 17.5 Å². The normalized spacial score (nSPS) is 9.85. The van der Waals surface area contributed by atoms with E-state index in [-0.39, 0.29) is 0 Å². The van der Waals surface area contributed by atoms with Crippen LogP contribution in [0, 0.1) is 0 Å². The maximum absolute atomic E-state index is 10.4. The molecule has 2 aromatic rings. The SMILES string of the molecule is O=Cc1cc(-c2cccnn2)cs1. The van der Waals surface area contributed by atoms with Crippen LogP contribution in [0.15, 0.2) is 29.8 Å². The average Bonchev–Trinajstić information content (AvgIpc) is 2.67. The number of carbonyl (C=O) groups is 1. The Morgan fingerprint density at radius 3 is 3.00 bits per heavy atom. The number of thiophene rings is 1. The van der Waals surface area contributed by atoms with E-state index in [1.807, 2.05) is 23.6 Å². The van der Waals surface area contributed by atoms with E-state index in [1.165, 1.54) is 11.3 Å². The van der Waals surface area contributed by atoms with Crippen LogP contribution in [-0.2, 0) is 0 Å². The highest BCUT2D eigenvalue weighted by molar-refractivity contribution is 7.12. The summed E-state index contributed by atoms with van der Waals surface area (Å²) in [5, 5.41) is 9.60. The summed E-state index contributed by atoms with van der Waals surface area (Å²) in [4.78, 5) is 11.1. The second-order valence-corrected chi connectivity index (χ2v) is 3.41. The van der Waals surface area contributed by atoms with Crippen LogP contribution >= 0.6 is 11.3 Å². The number of aldehydes is 1. The lowest BCUT2D eigenvalue weighted by molar-refractivity contribution is 0.112. The average molecular weight is 190 g/mol.